The van der Waals surface area contributed by atoms with E-state index in [0.717, 1.165) is 22.6 Å². The van der Waals surface area contributed by atoms with Crippen molar-refractivity contribution in [1.29, 1.82) is 0 Å². The summed E-state index contributed by atoms with van der Waals surface area (Å²) in [6, 6.07) is 14.2. The summed E-state index contributed by atoms with van der Waals surface area (Å²) in [5.41, 5.74) is 2.68. The number of carbonyl (C=O) groups is 1. The fourth-order valence-electron chi connectivity index (χ4n) is 2.69. The Kier molecular flexibility index (Phi) is 6.66. The first-order valence-electron chi connectivity index (χ1n) is 9.06. The quantitative estimate of drug-likeness (QED) is 0.575. The Labute approximate surface area is 174 Å². The smallest absolute Gasteiger partial charge is 0.226 e. The largest absolute Gasteiger partial charge is 0.497 e. The topological polar surface area (TPSA) is 85.4 Å². The molecule has 3 aromatic rings. The number of sulfone groups is 1. The van der Waals surface area contributed by atoms with Gasteiger partial charge < -0.3 is 10.1 Å². The molecule has 2 aromatic carbocycles. The summed E-state index contributed by atoms with van der Waals surface area (Å²) in [6.45, 7) is 1.90. The van der Waals surface area contributed by atoms with Gasteiger partial charge >= 0.3 is 0 Å². The van der Waals surface area contributed by atoms with Gasteiger partial charge in [0.1, 0.15) is 5.75 Å². The van der Waals surface area contributed by atoms with Gasteiger partial charge in [0, 0.05) is 17.4 Å². The highest BCUT2D eigenvalue weighted by atomic mass is 32.2. The molecular formula is C21H22N2O4S2. The lowest BCUT2D eigenvalue weighted by Crippen LogP contribution is -2.14. The van der Waals surface area contributed by atoms with E-state index < -0.39 is 9.84 Å². The lowest BCUT2D eigenvalue weighted by Gasteiger charge is -2.05. The molecule has 1 aromatic heterocycles. The molecular weight excluding hydrogens is 408 g/mol. The summed E-state index contributed by atoms with van der Waals surface area (Å²) in [6.07, 6.45) is 0.362. The van der Waals surface area contributed by atoms with E-state index in [1.165, 1.54) is 11.3 Å². The number of hydrogen-bond acceptors (Lipinski definition) is 6. The minimum Gasteiger partial charge on any atom is -0.497 e. The molecule has 0 aliphatic carbocycles. The van der Waals surface area contributed by atoms with Gasteiger partial charge in [0.25, 0.3) is 0 Å². The molecule has 1 amide bonds. The van der Waals surface area contributed by atoms with E-state index >= 15 is 0 Å². The first-order valence-corrected chi connectivity index (χ1v) is 11.6. The fourth-order valence-corrected chi connectivity index (χ4v) is 4.74. The van der Waals surface area contributed by atoms with Gasteiger partial charge in [0.15, 0.2) is 15.0 Å². The summed E-state index contributed by atoms with van der Waals surface area (Å²) in [5.74, 6) is 0.441. The van der Waals surface area contributed by atoms with Crippen LogP contribution in [0.5, 0.6) is 5.75 Å². The Morgan fingerprint density at radius 2 is 1.79 bits per heavy atom. The second kappa shape index (κ2) is 9.19. The molecule has 0 fully saturated rings. The summed E-state index contributed by atoms with van der Waals surface area (Å²) in [7, 11) is -1.78. The number of rotatable bonds is 8. The molecule has 0 aliphatic heterocycles. The summed E-state index contributed by atoms with van der Waals surface area (Å²) < 4.78 is 29.8. The SMILES string of the molecule is COc1ccc(-c2csc(NC(=O)CCCS(=O)(=O)c3ccc(C)cc3)n2)cc1. The number of anilines is 1. The molecule has 3 rings (SSSR count). The number of methoxy groups -OCH3 is 1. The van der Waals surface area contributed by atoms with Crippen molar-refractivity contribution in [3.05, 3.63) is 59.5 Å². The van der Waals surface area contributed by atoms with Crippen molar-refractivity contribution in [2.75, 3.05) is 18.2 Å². The molecule has 0 unspecified atom stereocenters. The van der Waals surface area contributed by atoms with E-state index in [1.54, 1.807) is 31.4 Å². The Morgan fingerprint density at radius 3 is 2.45 bits per heavy atom. The van der Waals surface area contributed by atoms with Crippen LogP contribution in [-0.2, 0) is 14.6 Å². The molecule has 0 radical (unpaired) electrons. The van der Waals surface area contributed by atoms with Crippen molar-refractivity contribution in [2.45, 2.75) is 24.7 Å². The average molecular weight is 431 g/mol. The maximum Gasteiger partial charge on any atom is 0.226 e. The van der Waals surface area contributed by atoms with Crippen LogP contribution in [0.1, 0.15) is 18.4 Å². The molecule has 8 heteroatoms. The van der Waals surface area contributed by atoms with Gasteiger partial charge in [-0.25, -0.2) is 13.4 Å². The number of carbonyl (C=O) groups excluding carboxylic acids is 1. The maximum atomic E-state index is 12.3. The van der Waals surface area contributed by atoms with Crippen LogP contribution in [0.15, 0.2) is 58.8 Å². The van der Waals surface area contributed by atoms with Crippen LogP contribution >= 0.6 is 11.3 Å². The molecule has 6 nitrogen and oxygen atoms in total. The Hall–Kier alpha value is -2.71. The van der Waals surface area contributed by atoms with Gasteiger partial charge in [-0.05, 0) is 49.7 Å². The van der Waals surface area contributed by atoms with Crippen LogP contribution in [-0.4, -0.2) is 32.2 Å². The fraction of sp³-hybridized carbons (Fsp3) is 0.238. The molecule has 1 N–H and O–H groups in total. The van der Waals surface area contributed by atoms with Crippen molar-refractivity contribution in [1.82, 2.24) is 4.98 Å². The summed E-state index contributed by atoms with van der Waals surface area (Å²) >= 11 is 1.33. The van der Waals surface area contributed by atoms with Crippen LogP contribution in [0.2, 0.25) is 0 Å². The van der Waals surface area contributed by atoms with E-state index in [0.29, 0.717) is 5.13 Å². The van der Waals surface area contributed by atoms with E-state index in [1.807, 2.05) is 36.6 Å². The second-order valence-electron chi connectivity index (χ2n) is 6.55. The Morgan fingerprint density at radius 1 is 1.10 bits per heavy atom. The number of aryl methyl sites for hydroxylation is 1. The third kappa shape index (κ3) is 5.65. The third-order valence-corrected chi connectivity index (χ3v) is 6.91. The van der Waals surface area contributed by atoms with Gasteiger partial charge in [0.05, 0.1) is 23.5 Å². The van der Waals surface area contributed by atoms with E-state index in [2.05, 4.69) is 10.3 Å². The van der Waals surface area contributed by atoms with E-state index in [9.17, 15) is 13.2 Å². The van der Waals surface area contributed by atoms with E-state index in [4.69, 9.17) is 4.74 Å². The van der Waals surface area contributed by atoms with Gasteiger partial charge in [-0.2, -0.15) is 0 Å². The Balaban J connectivity index is 1.52. The zero-order valence-electron chi connectivity index (χ0n) is 16.2. The number of thiazole rings is 1. The highest BCUT2D eigenvalue weighted by molar-refractivity contribution is 7.91. The van der Waals surface area contributed by atoms with Crippen molar-refractivity contribution < 1.29 is 17.9 Å². The monoisotopic (exact) mass is 430 g/mol. The first kappa shape index (κ1) is 21.0. The predicted octanol–water partition coefficient (Wildman–Crippen LogP) is 4.32. The predicted molar refractivity (Wildman–Crippen MR) is 115 cm³/mol. The molecule has 0 saturated carbocycles. The number of hydrogen-bond donors (Lipinski definition) is 1. The zero-order valence-corrected chi connectivity index (χ0v) is 17.8. The summed E-state index contributed by atoms with van der Waals surface area (Å²) in [4.78, 5) is 16.9. The lowest BCUT2D eigenvalue weighted by atomic mass is 10.2. The molecule has 0 atom stereocenters. The first-order chi connectivity index (χ1) is 13.9. The van der Waals surface area contributed by atoms with Gasteiger partial charge in [-0.1, -0.05) is 17.7 Å². The normalized spacial score (nSPS) is 11.2. The van der Waals surface area contributed by atoms with Crippen molar-refractivity contribution in [3.63, 3.8) is 0 Å². The molecule has 0 aliphatic rings. The van der Waals surface area contributed by atoms with Crippen LogP contribution < -0.4 is 10.1 Å². The minimum absolute atomic E-state index is 0.0710. The van der Waals surface area contributed by atoms with Crippen LogP contribution in [0.25, 0.3) is 11.3 Å². The van der Waals surface area contributed by atoms with Crippen molar-refractivity contribution in [2.24, 2.45) is 0 Å². The third-order valence-electron chi connectivity index (χ3n) is 4.33. The molecule has 152 valence electrons. The number of ether oxygens (including phenoxy) is 1. The van der Waals surface area contributed by atoms with E-state index in [-0.39, 0.29) is 29.4 Å². The van der Waals surface area contributed by atoms with Crippen molar-refractivity contribution in [3.8, 4) is 17.0 Å². The average Bonchev–Trinajstić information content (AvgIpc) is 3.16. The second-order valence-corrected chi connectivity index (χ2v) is 9.52. The highest BCUT2D eigenvalue weighted by Gasteiger charge is 2.15. The van der Waals surface area contributed by atoms with Crippen LogP contribution in [0.3, 0.4) is 0 Å². The standard InChI is InChI=1S/C21H22N2O4S2/c1-15-5-11-18(12-6-15)29(25,26)13-3-4-20(24)23-21-22-19(14-28-21)16-7-9-17(27-2)10-8-16/h5-12,14H,3-4,13H2,1-2H3,(H,22,23,24). The molecule has 0 bridgehead atoms. The minimum atomic E-state index is -3.39. The number of nitrogens with one attached hydrogen (secondary N) is 1. The maximum absolute atomic E-state index is 12.3. The van der Waals surface area contributed by atoms with Crippen LogP contribution in [0.4, 0.5) is 5.13 Å². The molecule has 29 heavy (non-hydrogen) atoms. The summed E-state index contributed by atoms with van der Waals surface area (Å²) in [5, 5.41) is 5.09. The highest BCUT2D eigenvalue weighted by Crippen LogP contribution is 2.26. The molecule has 0 saturated heterocycles. The van der Waals surface area contributed by atoms with Crippen molar-refractivity contribution >= 4 is 32.2 Å². The van der Waals surface area contributed by atoms with Gasteiger partial charge in [0.2, 0.25) is 5.91 Å². The number of amides is 1. The number of nitrogens with zero attached hydrogens (tertiary/aromatic N) is 1. The zero-order chi connectivity index (χ0) is 20.9. The Bertz CT molecular complexity index is 1070. The number of aromatic nitrogens is 1. The lowest BCUT2D eigenvalue weighted by molar-refractivity contribution is -0.116. The molecule has 1 heterocycles. The van der Waals surface area contributed by atoms with Crippen LogP contribution in [0, 0.1) is 6.92 Å². The van der Waals surface area contributed by atoms with Gasteiger partial charge in [-0.15, -0.1) is 11.3 Å². The number of benzene rings is 2. The van der Waals surface area contributed by atoms with Gasteiger partial charge in [-0.3, -0.25) is 4.79 Å². The molecule has 0 spiro atoms.